The number of benzene rings is 3. The first-order valence-corrected chi connectivity index (χ1v) is 13.3. The standard InChI is InChI=1S/C30H24N2OSe/c1-20-14-16-23(17-15-20)28-25-19-18-22-11-5-6-12-24(22)27(25)31-30-32(28)29(33)26(34-30)13-7-10-21-8-3-2-4-9-21/h2-17,28H,18-19H2,1H3/b10-7+,26-13-. The summed E-state index contributed by atoms with van der Waals surface area (Å²) in [6, 6.07) is 27.3. The third kappa shape index (κ3) is 3.69. The summed E-state index contributed by atoms with van der Waals surface area (Å²) >= 11 is -0.133. The zero-order chi connectivity index (χ0) is 23.1. The quantitative estimate of drug-likeness (QED) is 0.381. The monoisotopic (exact) mass is 508 g/mol. The van der Waals surface area contributed by atoms with Crippen molar-refractivity contribution in [3.05, 3.63) is 137 Å². The normalized spacial score (nSPS) is 17.3. The first-order chi connectivity index (χ1) is 16.7. The van der Waals surface area contributed by atoms with Gasteiger partial charge in [-0.2, -0.15) is 0 Å². The third-order valence-corrected chi connectivity index (χ3v) is 8.70. The van der Waals surface area contributed by atoms with Gasteiger partial charge in [-0.1, -0.05) is 0 Å². The summed E-state index contributed by atoms with van der Waals surface area (Å²) in [6.07, 6.45) is 7.93. The van der Waals surface area contributed by atoms with Crippen LogP contribution in [0.5, 0.6) is 0 Å². The summed E-state index contributed by atoms with van der Waals surface area (Å²) in [5.41, 5.74) is 8.50. The Hall–Kier alpha value is -3.46. The number of nitrogens with zero attached hydrogens (tertiary/aromatic N) is 2. The maximum atomic E-state index is 13.7. The summed E-state index contributed by atoms with van der Waals surface area (Å²) < 4.78 is 3.74. The van der Waals surface area contributed by atoms with Crippen LogP contribution in [0.1, 0.15) is 40.3 Å². The van der Waals surface area contributed by atoms with Gasteiger partial charge < -0.3 is 0 Å². The van der Waals surface area contributed by atoms with Gasteiger partial charge in [0.15, 0.2) is 0 Å². The van der Waals surface area contributed by atoms with E-state index in [-0.39, 0.29) is 26.1 Å². The van der Waals surface area contributed by atoms with Crippen LogP contribution in [0.15, 0.2) is 100 Å². The molecule has 166 valence electrons. The number of aromatic nitrogens is 1. The van der Waals surface area contributed by atoms with Crippen molar-refractivity contribution in [3.8, 4) is 0 Å². The first kappa shape index (κ1) is 21.1. The van der Waals surface area contributed by atoms with E-state index in [1.165, 1.54) is 22.3 Å². The van der Waals surface area contributed by atoms with Gasteiger partial charge in [-0.05, 0) is 0 Å². The number of hydrogen-bond donors (Lipinski definition) is 0. The fourth-order valence-electron chi connectivity index (χ4n) is 4.90. The van der Waals surface area contributed by atoms with Crippen molar-refractivity contribution in [2.75, 3.05) is 0 Å². The molecular weight excluding hydrogens is 483 g/mol. The van der Waals surface area contributed by atoms with Crippen molar-refractivity contribution in [1.82, 2.24) is 4.57 Å². The van der Waals surface area contributed by atoms with E-state index in [2.05, 4.69) is 67.6 Å². The molecule has 3 aromatic carbocycles. The molecule has 1 atom stereocenters. The summed E-state index contributed by atoms with van der Waals surface area (Å²) in [5, 5.41) is 0. The predicted molar refractivity (Wildman–Crippen MR) is 139 cm³/mol. The van der Waals surface area contributed by atoms with E-state index in [0.717, 1.165) is 38.1 Å². The van der Waals surface area contributed by atoms with Gasteiger partial charge in [0.2, 0.25) is 0 Å². The van der Waals surface area contributed by atoms with Crippen molar-refractivity contribution in [3.63, 3.8) is 0 Å². The van der Waals surface area contributed by atoms with Crippen LogP contribution >= 0.6 is 0 Å². The molecule has 1 aromatic heterocycles. The molecule has 1 aliphatic heterocycles. The zero-order valence-electron chi connectivity index (χ0n) is 18.9. The van der Waals surface area contributed by atoms with Crippen LogP contribution in [0.3, 0.4) is 0 Å². The van der Waals surface area contributed by atoms with Gasteiger partial charge in [0.05, 0.1) is 0 Å². The van der Waals surface area contributed by atoms with Crippen molar-refractivity contribution in [1.29, 1.82) is 0 Å². The number of allylic oxidation sites excluding steroid dienone is 2. The Kier molecular flexibility index (Phi) is 5.41. The molecule has 0 bridgehead atoms. The molecule has 3 nitrogen and oxygen atoms in total. The molecule has 4 aromatic rings. The second-order valence-corrected chi connectivity index (χ2v) is 10.9. The van der Waals surface area contributed by atoms with Gasteiger partial charge in [-0.25, -0.2) is 0 Å². The van der Waals surface area contributed by atoms with Gasteiger partial charge >= 0.3 is 205 Å². The molecule has 0 saturated carbocycles. The maximum absolute atomic E-state index is 13.7. The molecule has 0 radical (unpaired) electrons. The Morgan fingerprint density at radius 1 is 0.941 bits per heavy atom. The Morgan fingerprint density at radius 2 is 1.71 bits per heavy atom. The summed E-state index contributed by atoms with van der Waals surface area (Å²) in [6.45, 7) is 2.10. The number of hydrogen-bond acceptors (Lipinski definition) is 2. The van der Waals surface area contributed by atoms with E-state index < -0.39 is 0 Å². The SMILES string of the molecule is Cc1ccc(C2C3=C(N=c4[se]/c(=C\C=C\c5ccccc5)c(=O)n42)c2ccccc2CC3)cc1. The second kappa shape index (κ2) is 8.72. The molecule has 6 rings (SSSR count). The molecule has 0 fully saturated rings. The predicted octanol–water partition coefficient (Wildman–Crippen LogP) is 4.29. The van der Waals surface area contributed by atoms with E-state index in [1.807, 2.05) is 41.0 Å². The van der Waals surface area contributed by atoms with Crippen LogP contribution in [-0.2, 0) is 6.42 Å². The number of rotatable bonds is 3. The van der Waals surface area contributed by atoms with Gasteiger partial charge in [0.1, 0.15) is 0 Å². The summed E-state index contributed by atoms with van der Waals surface area (Å²) in [7, 11) is 0. The van der Waals surface area contributed by atoms with Crippen LogP contribution in [0.4, 0.5) is 0 Å². The molecular formula is C30H24N2OSe. The van der Waals surface area contributed by atoms with Crippen LogP contribution in [-0.4, -0.2) is 19.1 Å². The van der Waals surface area contributed by atoms with E-state index in [9.17, 15) is 4.79 Å². The molecule has 0 amide bonds. The van der Waals surface area contributed by atoms with Crippen molar-refractivity contribution >= 4 is 32.4 Å². The van der Waals surface area contributed by atoms with Crippen molar-refractivity contribution in [2.24, 2.45) is 4.99 Å². The Balaban J connectivity index is 1.54. The zero-order valence-corrected chi connectivity index (χ0v) is 20.7. The summed E-state index contributed by atoms with van der Waals surface area (Å²) in [5.74, 6) is 0. The van der Waals surface area contributed by atoms with Crippen molar-refractivity contribution in [2.45, 2.75) is 25.8 Å². The average Bonchev–Trinajstić information content (AvgIpc) is 3.19. The second-order valence-electron chi connectivity index (χ2n) is 8.82. The minimum absolute atomic E-state index is 0.0881. The topological polar surface area (TPSA) is 34.4 Å². The molecule has 2 heterocycles. The van der Waals surface area contributed by atoms with Gasteiger partial charge in [0, 0.05) is 0 Å². The van der Waals surface area contributed by atoms with E-state index in [0.29, 0.717) is 0 Å². The number of aryl methyl sites for hydroxylation is 2. The molecule has 4 heteroatoms. The molecule has 34 heavy (non-hydrogen) atoms. The Labute approximate surface area is 204 Å². The fourth-order valence-corrected chi connectivity index (χ4v) is 6.89. The van der Waals surface area contributed by atoms with Crippen LogP contribution in [0, 0.1) is 6.92 Å². The molecule has 0 saturated heterocycles. The Bertz CT molecular complexity index is 1620. The number of fused-ring (bicyclic) bond motifs is 3. The molecule has 0 spiro atoms. The van der Waals surface area contributed by atoms with E-state index in [1.54, 1.807) is 0 Å². The van der Waals surface area contributed by atoms with E-state index >= 15 is 0 Å². The third-order valence-electron chi connectivity index (χ3n) is 6.60. The molecule has 1 unspecified atom stereocenters. The molecule has 2 aliphatic rings. The Morgan fingerprint density at radius 3 is 2.53 bits per heavy atom. The van der Waals surface area contributed by atoms with E-state index in [4.69, 9.17) is 4.99 Å². The van der Waals surface area contributed by atoms with Gasteiger partial charge in [-0.3, -0.25) is 0 Å². The minimum atomic E-state index is -0.133. The van der Waals surface area contributed by atoms with Crippen molar-refractivity contribution < 1.29 is 0 Å². The fraction of sp³-hybridized carbons (Fsp3) is 0.133. The van der Waals surface area contributed by atoms with Crippen LogP contribution in [0.25, 0.3) is 17.8 Å². The summed E-state index contributed by atoms with van der Waals surface area (Å²) in [4.78, 5) is 18.8. The molecule has 0 N–H and O–H groups in total. The van der Waals surface area contributed by atoms with Gasteiger partial charge in [0.25, 0.3) is 0 Å². The van der Waals surface area contributed by atoms with Crippen LogP contribution in [0.2, 0.25) is 0 Å². The first-order valence-electron chi connectivity index (χ1n) is 11.6. The van der Waals surface area contributed by atoms with Crippen LogP contribution < -0.4 is 14.0 Å². The van der Waals surface area contributed by atoms with Gasteiger partial charge in [-0.15, -0.1) is 0 Å². The molecule has 1 aliphatic carbocycles. The average molecular weight is 507 g/mol.